The Labute approximate surface area is 111 Å². The molecule has 0 aliphatic heterocycles. The van der Waals surface area contributed by atoms with Crippen molar-refractivity contribution in [2.45, 2.75) is 12.8 Å². The molecule has 0 fully saturated rings. The fraction of sp³-hybridized carbons (Fsp3) is 0.636. The Hall–Kier alpha value is -0.620. The lowest BCUT2D eigenvalue weighted by molar-refractivity contribution is -0.121. The van der Waals surface area contributed by atoms with Crippen LogP contribution in [0.25, 0.3) is 0 Å². The zero-order valence-electron chi connectivity index (χ0n) is 10.4. The van der Waals surface area contributed by atoms with Crippen molar-refractivity contribution in [1.29, 1.82) is 0 Å². The number of hydrogen-bond donors (Lipinski definition) is 2. The van der Waals surface area contributed by atoms with Crippen molar-refractivity contribution in [3.05, 3.63) is 12.3 Å². The second kappa shape index (κ2) is 10.5. The average Bonchev–Trinajstić information content (AvgIpc) is 2.31. The number of hydrogen-bond acceptors (Lipinski definition) is 4. The second-order valence-corrected chi connectivity index (χ2v) is 5.39. The summed E-state index contributed by atoms with van der Waals surface area (Å²) in [4.78, 5) is 22.6. The van der Waals surface area contributed by atoms with Crippen LogP contribution < -0.4 is 10.6 Å². The number of thioether (sulfide) groups is 2. The zero-order chi connectivity index (χ0) is 13.1. The van der Waals surface area contributed by atoms with Gasteiger partial charge in [-0.2, -0.15) is 23.5 Å². The van der Waals surface area contributed by atoms with Crippen molar-refractivity contribution in [2.24, 2.45) is 0 Å². The van der Waals surface area contributed by atoms with Crippen LogP contribution in [0.3, 0.4) is 0 Å². The van der Waals surface area contributed by atoms with Crippen LogP contribution in [-0.4, -0.2) is 42.4 Å². The molecule has 0 unspecified atom stereocenters. The van der Waals surface area contributed by atoms with Gasteiger partial charge in [0.1, 0.15) is 0 Å². The summed E-state index contributed by atoms with van der Waals surface area (Å²) in [6.45, 7) is 4.00. The molecule has 0 saturated heterocycles. The van der Waals surface area contributed by atoms with E-state index >= 15 is 0 Å². The highest BCUT2D eigenvalue weighted by atomic mass is 32.2. The third-order valence-corrected chi connectivity index (χ3v) is 3.11. The first-order valence-electron chi connectivity index (χ1n) is 5.32. The number of carbonyl (C=O) groups excluding carboxylic acids is 2. The van der Waals surface area contributed by atoms with Gasteiger partial charge < -0.3 is 10.6 Å². The van der Waals surface area contributed by atoms with Gasteiger partial charge in [-0.1, -0.05) is 6.58 Å². The van der Waals surface area contributed by atoms with Crippen molar-refractivity contribution in [1.82, 2.24) is 10.6 Å². The maximum atomic E-state index is 11.3. The number of nitrogens with one attached hydrogen (secondary N) is 2. The van der Waals surface area contributed by atoms with E-state index in [0.29, 0.717) is 25.1 Å². The molecule has 2 N–H and O–H groups in total. The molecule has 0 heterocycles. The first kappa shape index (κ1) is 16.4. The van der Waals surface area contributed by atoms with Gasteiger partial charge >= 0.3 is 0 Å². The first-order chi connectivity index (χ1) is 8.10. The Bertz CT molecular complexity index is 270. The Morgan fingerprint density at radius 3 is 2.12 bits per heavy atom. The topological polar surface area (TPSA) is 58.2 Å². The Morgan fingerprint density at radius 2 is 1.59 bits per heavy atom. The number of carbonyl (C=O) groups is 2. The van der Waals surface area contributed by atoms with E-state index < -0.39 is 0 Å². The normalized spacial score (nSPS) is 9.76. The van der Waals surface area contributed by atoms with Crippen LogP contribution in [0.15, 0.2) is 12.3 Å². The van der Waals surface area contributed by atoms with Crippen LogP contribution in [-0.2, 0) is 9.59 Å². The summed E-state index contributed by atoms with van der Waals surface area (Å²) in [5, 5.41) is 5.37. The van der Waals surface area contributed by atoms with Gasteiger partial charge in [0.25, 0.3) is 0 Å². The first-order valence-corrected chi connectivity index (χ1v) is 8.11. The van der Waals surface area contributed by atoms with Crippen molar-refractivity contribution in [2.75, 3.05) is 30.6 Å². The molecule has 4 nitrogen and oxygen atoms in total. The average molecular weight is 276 g/mol. The molecule has 0 bridgehead atoms. The molecule has 0 atom stereocenters. The molecule has 0 radical (unpaired) electrons. The third-order valence-electron chi connectivity index (χ3n) is 1.88. The van der Waals surface area contributed by atoms with Gasteiger partial charge in [-0.15, -0.1) is 0 Å². The summed E-state index contributed by atoms with van der Waals surface area (Å²) >= 11 is 3.25. The predicted molar refractivity (Wildman–Crippen MR) is 76.3 cm³/mol. The van der Waals surface area contributed by atoms with Gasteiger partial charge in [-0.05, 0) is 12.5 Å². The van der Waals surface area contributed by atoms with E-state index in [0.717, 1.165) is 11.5 Å². The summed E-state index contributed by atoms with van der Waals surface area (Å²) in [5.74, 6) is 1.53. The maximum absolute atomic E-state index is 11.3. The highest BCUT2D eigenvalue weighted by Crippen LogP contribution is 1.97. The molecule has 2 amide bonds. The molecule has 0 saturated carbocycles. The second-order valence-electron chi connectivity index (χ2n) is 3.41. The van der Waals surface area contributed by atoms with Crippen LogP contribution >= 0.6 is 23.5 Å². The van der Waals surface area contributed by atoms with Crippen LogP contribution in [0, 0.1) is 0 Å². The minimum absolute atomic E-state index is 0.0149. The van der Waals surface area contributed by atoms with Crippen molar-refractivity contribution in [3.63, 3.8) is 0 Å². The molecule has 6 heteroatoms. The fourth-order valence-electron chi connectivity index (χ4n) is 0.987. The molecule has 17 heavy (non-hydrogen) atoms. The molecule has 0 aromatic heterocycles. The Balaban J connectivity index is 3.65. The predicted octanol–water partition coefficient (Wildman–Crippen LogP) is 1.24. The fourth-order valence-corrected chi connectivity index (χ4v) is 1.77. The van der Waals surface area contributed by atoms with Crippen LogP contribution in [0.1, 0.15) is 12.8 Å². The number of rotatable bonds is 9. The Morgan fingerprint density at radius 1 is 1.06 bits per heavy atom. The zero-order valence-corrected chi connectivity index (χ0v) is 12.0. The van der Waals surface area contributed by atoms with E-state index in [9.17, 15) is 9.59 Å². The molecular weight excluding hydrogens is 256 g/mol. The Kier molecular flexibility index (Phi) is 10.1. The van der Waals surface area contributed by atoms with Crippen LogP contribution in [0.4, 0.5) is 0 Å². The molecule has 0 aliphatic rings. The third kappa shape index (κ3) is 10.3. The summed E-state index contributed by atoms with van der Waals surface area (Å²) in [6, 6.07) is 0. The van der Waals surface area contributed by atoms with E-state index in [1.54, 1.807) is 23.5 Å². The lowest BCUT2D eigenvalue weighted by atomic mass is 10.4. The monoisotopic (exact) mass is 276 g/mol. The highest BCUT2D eigenvalue weighted by Gasteiger charge is 2.04. The van der Waals surface area contributed by atoms with Crippen molar-refractivity contribution < 1.29 is 9.59 Å². The molecule has 0 aromatic carbocycles. The molecule has 0 aromatic rings. The van der Waals surface area contributed by atoms with Gasteiger partial charge in [0.05, 0.1) is 6.54 Å². The lowest BCUT2D eigenvalue weighted by Crippen LogP contribution is -2.32. The largest absolute Gasteiger partial charge is 0.351 e. The number of amides is 2. The minimum atomic E-state index is -0.0530. The van der Waals surface area contributed by atoms with Crippen LogP contribution in [0.5, 0.6) is 0 Å². The lowest BCUT2D eigenvalue weighted by Gasteiger charge is -2.09. The van der Waals surface area contributed by atoms with Crippen molar-refractivity contribution >= 4 is 35.3 Å². The van der Waals surface area contributed by atoms with Crippen molar-refractivity contribution in [3.8, 4) is 0 Å². The smallest absolute Gasteiger partial charge is 0.224 e. The summed E-state index contributed by atoms with van der Waals surface area (Å²) in [5.41, 5.74) is 0.536. The van der Waals surface area contributed by atoms with E-state index in [1.807, 2.05) is 12.5 Å². The van der Waals surface area contributed by atoms with E-state index in [-0.39, 0.29) is 11.8 Å². The van der Waals surface area contributed by atoms with Gasteiger partial charge in [0.2, 0.25) is 11.8 Å². The quantitative estimate of drug-likeness (QED) is 0.665. The van der Waals surface area contributed by atoms with Gasteiger partial charge in [0, 0.05) is 30.0 Å². The maximum Gasteiger partial charge on any atom is 0.224 e. The van der Waals surface area contributed by atoms with Gasteiger partial charge in [-0.3, -0.25) is 9.59 Å². The highest BCUT2D eigenvalue weighted by molar-refractivity contribution is 7.98. The van der Waals surface area contributed by atoms with E-state index in [1.165, 1.54) is 0 Å². The van der Waals surface area contributed by atoms with E-state index in [2.05, 4.69) is 17.2 Å². The summed E-state index contributed by atoms with van der Waals surface area (Å²) < 4.78 is 0. The molecule has 0 aliphatic carbocycles. The molecule has 98 valence electrons. The molecular formula is C11H20N2O2S2. The van der Waals surface area contributed by atoms with Gasteiger partial charge in [0.15, 0.2) is 0 Å². The van der Waals surface area contributed by atoms with Gasteiger partial charge in [-0.25, -0.2) is 0 Å². The molecule has 0 spiro atoms. The standard InChI is InChI=1S/C11H20N2O2S2/c1-9(13-11(15)5-7-17-3)8-12-10(14)4-6-16-2/h1,4-8H2,2-3H3,(H,12,14)(H,13,15). The SMILES string of the molecule is C=C(CNC(=O)CCSC)NC(=O)CCSC. The van der Waals surface area contributed by atoms with Crippen LogP contribution in [0.2, 0.25) is 0 Å². The minimum Gasteiger partial charge on any atom is -0.351 e. The summed E-state index contributed by atoms with van der Waals surface area (Å²) in [6.07, 6.45) is 4.88. The summed E-state index contributed by atoms with van der Waals surface area (Å²) in [7, 11) is 0. The van der Waals surface area contributed by atoms with E-state index in [4.69, 9.17) is 0 Å². The molecule has 0 rings (SSSR count).